The summed E-state index contributed by atoms with van der Waals surface area (Å²) in [4.78, 5) is 14.8. The molecule has 3 rings (SSSR count). The smallest absolute Gasteiger partial charge is 0.182 e. The molecule has 1 aliphatic rings. The summed E-state index contributed by atoms with van der Waals surface area (Å²) in [6.45, 7) is 0.0969. The normalized spacial score (nSPS) is 18.1. The Labute approximate surface area is 159 Å². The molecule has 0 bridgehead atoms. The average molecular weight is 389 g/mol. The van der Waals surface area contributed by atoms with Crippen LogP contribution in [0.3, 0.4) is 0 Å². The van der Waals surface area contributed by atoms with E-state index in [2.05, 4.69) is 0 Å². The SMILES string of the molecule is COc1ccc(C(=O)CN(c2ccccc2)[C@@H]2CCS(=O)(=O)C2)cc1OC. The van der Waals surface area contributed by atoms with E-state index >= 15 is 0 Å². The first-order valence-corrected chi connectivity index (χ1v) is 10.5. The van der Waals surface area contributed by atoms with E-state index in [1.165, 1.54) is 14.2 Å². The predicted molar refractivity (Wildman–Crippen MR) is 105 cm³/mol. The fourth-order valence-corrected chi connectivity index (χ4v) is 5.06. The summed E-state index contributed by atoms with van der Waals surface area (Å²) in [7, 11) is 0.000235. The summed E-state index contributed by atoms with van der Waals surface area (Å²) in [5.41, 5.74) is 1.34. The van der Waals surface area contributed by atoms with Gasteiger partial charge in [0, 0.05) is 17.3 Å². The molecule has 7 heteroatoms. The molecule has 0 aromatic heterocycles. The molecule has 1 atom stereocenters. The van der Waals surface area contributed by atoms with Crippen LogP contribution in [0, 0.1) is 0 Å². The highest BCUT2D eigenvalue weighted by atomic mass is 32.2. The average Bonchev–Trinajstić information content (AvgIpc) is 3.05. The second-order valence-electron chi connectivity index (χ2n) is 6.51. The second kappa shape index (κ2) is 8.00. The van der Waals surface area contributed by atoms with Crippen LogP contribution in [0.2, 0.25) is 0 Å². The molecule has 2 aromatic carbocycles. The summed E-state index contributed by atoms with van der Waals surface area (Å²) in [6, 6.07) is 14.3. The fraction of sp³-hybridized carbons (Fsp3) is 0.350. The van der Waals surface area contributed by atoms with Gasteiger partial charge in [-0.05, 0) is 36.8 Å². The van der Waals surface area contributed by atoms with Crippen LogP contribution in [0.15, 0.2) is 48.5 Å². The van der Waals surface area contributed by atoms with Crippen molar-refractivity contribution >= 4 is 21.3 Å². The number of ketones is 1. The lowest BCUT2D eigenvalue weighted by Crippen LogP contribution is -2.40. The maximum Gasteiger partial charge on any atom is 0.182 e. The Morgan fingerprint density at radius 3 is 2.37 bits per heavy atom. The first-order valence-electron chi connectivity index (χ1n) is 8.71. The number of para-hydroxylation sites is 1. The number of sulfone groups is 1. The van der Waals surface area contributed by atoms with Crippen LogP contribution in [0.4, 0.5) is 5.69 Å². The van der Waals surface area contributed by atoms with Crippen LogP contribution >= 0.6 is 0 Å². The fourth-order valence-electron chi connectivity index (χ4n) is 3.33. The lowest BCUT2D eigenvalue weighted by molar-refractivity contribution is 0.0996. The number of nitrogens with zero attached hydrogens (tertiary/aromatic N) is 1. The van der Waals surface area contributed by atoms with Gasteiger partial charge in [-0.2, -0.15) is 0 Å². The lowest BCUT2D eigenvalue weighted by atomic mass is 10.1. The van der Waals surface area contributed by atoms with Crippen molar-refractivity contribution in [2.45, 2.75) is 12.5 Å². The third kappa shape index (κ3) is 4.42. The van der Waals surface area contributed by atoms with E-state index in [-0.39, 0.29) is 29.9 Å². The summed E-state index contributed by atoms with van der Waals surface area (Å²) in [6.07, 6.45) is 0.524. The summed E-state index contributed by atoms with van der Waals surface area (Å²) >= 11 is 0. The van der Waals surface area contributed by atoms with Gasteiger partial charge in [0.05, 0.1) is 32.3 Å². The monoisotopic (exact) mass is 389 g/mol. The minimum atomic E-state index is -3.06. The Hall–Kier alpha value is -2.54. The molecule has 1 saturated heterocycles. The van der Waals surface area contributed by atoms with Gasteiger partial charge in [0.2, 0.25) is 0 Å². The Kier molecular flexibility index (Phi) is 5.70. The number of hydrogen-bond donors (Lipinski definition) is 0. The van der Waals surface area contributed by atoms with E-state index in [0.717, 1.165) is 5.69 Å². The van der Waals surface area contributed by atoms with Gasteiger partial charge in [0.25, 0.3) is 0 Å². The van der Waals surface area contributed by atoms with E-state index < -0.39 is 9.84 Å². The first-order chi connectivity index (χ1) is 12.9. The zero-order chi connectivity index (χ0) is 19.4. The van der Waals surface area contributed by atoms with Crippen molar-refractivity contribution in [2.24, 2.45) is 0 Å². The Bertz CT molecular complexity index is 911. The van der Waals surface area contributed by atoms with Crippen molar-refractivity contribution in [2.75, 3.05) is 37.2 Å². The topological polar surface area (TPSA) is 72.9 Å². The van der Waals surface area contributed by atoms with E-state index in [1.807, 2.05) is 35.2 Å². The number of carbonyl (C=O) groups is 1. The summed E-state index contributed by atoms with van der Waals surface area (Å²) in [5.74, 6) is 1.16. The van der Waals surface area contributed by atoms with E-state index in [1.54, 1.807) is 18.2 Å². The van der Waals surface area contributed by atoms with Crippen molar-refractivity contribution in [3.63, 3.8) is 0 Å². The van der Waals surface area contributed by atoms with Crippen molar-refractivity contribution < 1.29 is 22.7 Å². The predicted octanol–water partition coefficient (Wildman–Crippen LogP) is 2.58. The molecular formula is C20H23NO5S. The number of carbonyl (C=O) groups excluding carboxylic acids is 1. The number of benzene rings is 2. The zero-order valence-corrected chi connectivity index (χ0v) is 16.2. The molecule has 0 saturated carbocycles. The van der Waals surface area contributed by atoms with Crippen molar-refractivity contribution in [3.8, 4) is 11.5 Å². The van der Waals surface area contributed by atoms with Gasteiger partial charge in [-0.1, -0.05) is 18.2 Å². The van der Waals surface area contributed by atoms with Gasteiger partial charge in [-0.3, -0.25) is 4.79 Å². The number of ether oxygens (including phenoxy) is 2. The maximum atomic E-state index is 12.9. The highest BCUT2D eigenvalue weighted by Crippen LogP contribution is 2.29. The van der Waals surface area contributed by atoms with Crippen LogP contribution in [0.5, 0.6) is 11.5 Å². The Morgan fingerprint density at radius 2 is 1.78 bits per heavy atom. The number of methoxy groups -OCH3 is 2. The van der Waals surface area contributed by atoms with Crippen LogP contribution in [-0.4, -0.2) is 52.5 Å². The van der Waals surface area contributed by atoms with Crippen molar-refractivity contribution in [1.29, 1.82) is 0 Å². The summed E-state index contributed by atoms with van der Waals surface area (Å²) < 4.78 is 34.4. The molecular weight excluding hydrogens is 366 g/mol. The van der Waals surface area contributed by atoms with Gasteiger partial charge in [-0.15, -0.1) is 0 Å². The van der Waals surface area contributed by atoms with Crippen LogP contribution in [-0.2, 0) is 9.84 Å². The van der Waals surface area contributed by atoms with Crippen molar-refractivity contribution in [1.82, 2.24) is 0 Å². The molecule has 1 fully saturated rings. The Morgan fingerprint density at radius 1 is 1.07 bits per heavy atom. The zero-order valence-electron chi connectivity index (χ0n) is 15.4. The van der Waals surface area contributed by atoms with Gasteiger partial charge in [-0.25, -0.2) is 8.42 Å². The molecule has 1 heterocycles. The highest BCUT2D eigenvalue weighted by molar-refractivity contribution is 7.91. The number of rotatable bonds is 7. The van der Waals surface area contributed by atoms with Crippen LogP contribution in [0.25, 0.3) is 0 Å². The quantitative estimate of drug-likeness (QED) is 0.678. The van der Waals surface area contributed by atoms with Gasteiger partial charge < -0.3 is 14.4 Å². The van der Waals surface area contributed by atoms with Crippen molar-refractivity contribution in [3.05, 3.63) is 54.1 Å². The third-order valence-electron chi connectivity index (χ3n) is 4.76. The second-order valence-corrected chi connectivity index (χ2v) is 8.74. The van der Waals surface area contributed by atoms with Gasteiger partial charge in [0.1, 0.15) is 0 Å². The first kappa shape index (κ1) is 19.2. The molecule has 0 radical (unpaired) electrons. The third-order valence-corrected chi connectivity index (χ3v) is 6.51. The van der Waals surface area contributed by atoms with Gasteiger partial charge >= 0.3 is 0 Å². The van der Waals surface area contributed by atoms with Crippen LogP contribution in [0.1, 0.15) is 16.8 Å². The highest BCUT2D eigenvalue weighted by Gasteiger charge is 2.33. The molecule has 0 unspecified atom stereocenters. The number of anilines is 1. The molecule has 0 amide bonds. The minimum absolute atomic E-state index is 0.0705. The van der Waals surface area contributed by atoms with Crippen LogP contribution < -0.4 is 14.4 Å². The van der Waals surface area contributed by atoms with E-state index in [0.29, 0.717) is 23.5 Å². The molecule has 0 spiro atoms. The molecule has 27 heavy (non-hydrogen) atoms. The number of hydrogen-bond acceptors (Lipinski definition) is 6. The number of Topliss-reactive ketones (excluding diaryl/α,β-unsaturated/α-hetero) is 1. The lowest BCUT2D eigenvalue weighted by Gasteiger charge is -2.30. The largest absolute Gasteiger partial charge is 0.493 e. The standard InChI is InChI=1S/C20H23NO5S/c1-25-19-9-8-15(12-20(19)26-2)18(22)13-21(16-6-4-3-5-7-16)17-10-11-27(23,24)14-17/h3-9,12,17H,10-11,13-14H2,1-2H3/t17-/m1/s1. The minimum Gasteiger partial charge on any atom is -0.493 e. The molecule has 2 aromatic rings. The molecule has 144 valence electrons. The maximum absolute atomic E-state index is 12.9. The molecule has 1 aliphatic heterocycles. The Balaban J connectivity index is 1.87. The summed E-state index contributed by atoms with van der Waals surface area (Å²) in [5, 5.41) is 0. The van der Waals surface area contributed by atoms with E-state index in [4.69, 9.17) is 9.47 Å². The molecule has 0 N–H and O–H groups in total. The van der Waals surface area contributed by atoms with E-state index in [9.17, 15) is 13.2 Å². The van der Waals surface area contributed by atoms with Gasteiger partial charge in [0.15, 0.2) is 27.1 Å². The molecule has 6 nitrogen and oxygen atoms in total. The molecule has 0 aliphatic carbocycles.